The molecule has 1 heterocycles. The summed E-state index contributed by atoms with van der Waals surface area (Å²) in [5.74, 6) is 1.88. The predicted molar refractivity (Wildman–Crippen MR) is 91.5 cm³/mol. The van der Waals surface area contributed by atoms with E-state index in [1.165, 1.54) is 0 Å². The van der Waals surface area contributed by atoms with Crippen LogP contribution in [0.1, 0.15) is 35.7 Å². The summed E-state index contributed by atoms with van der Waals surface area (Å²) in [7, 11) is 0. The third-order valence-electron chi connectivity index (χ3n) is 3.21. The molecule has 2 aromatic rings. The van der Waals surface area contributed by atoms with Gasteiger partial charge in [0.2, 0.25) is 5.88 Å². The van der Waals surface area contributed by atoms with Crippen LogP contribution in [0.4, 0.5) is 0 Å². The zero-order chi connectivity index (χ0) is 15.4. The lowest BCUT2D eigenvalue weighted by Gasteiger charge is -2.11. The minimum atomic E-state index is 0.466. The molecule has 1 aromatic heterocycles. The number of hydrogen-bond donors (Lipinski definition) is 0. The van der Waals surface area contributed by atoms with E-state index in [0.717, 1.165) is 45.4 Å². The molecule has 0 aliphatic carbocycles. The van der Waals surface area contributed by atoms with Crippen molar-refractivity contribution in [2.75, 3.05) is 0 Å². The van der Waals surface area contributed by atoms with Crippen molar-refractivity contribution in [3.05, 3.63) is 51.1 Å². The van der Waals surface area contributed by atoms with Crippen LogP contribution in [0.15, 0.2) is 28.7 Å². The highest BCUT2D eigenvalue weighted by Crippen LogP contribution is 2.29. The van der Waals surface area contributed by atoms with E-state index in [2.05, 4.69) is 41.7 Å². The Balaban J connectivity index is 2.32. The van der Waals surface area contributed by atoms with Gasteiger partial charge in [-0.25, -0.2) is 4.98 Å². The number of alkyl halides is 1. The molecule has 0 spiro atoms. The average Bonchev–Trinajstić information content (AvgIpc) is 2.44. The van der Waals surface area contributed by atoms with Crippen LogP contribution in [0.25, 0.3) is 0 Å². The summed E-state index contributed by atoms with van der Waals surface area (Å²) in [5.41, 5.74) is 4.35. The number of pyridine rings is 1. The van der Waals surface area contributed by atoms with Crippen molar-refractivity contribution in [2.24, 2.45) is 0 Å². The quantitative estimate of drug-likeness (QED) is 0.609. The Hall–Kier alpha value is -1.06. The third-order valence-corrected chi connectivity index (χ3v) is 4.77. The number of nitrogens with zero attached hydrogens (tertiary/aromatic N) is 1. The van der Waals surface area contributed by atoms with Gasteiger partial charge in [-0.2, -0.15) is 0 Å². The molecule has 0 saturated heterocycles. The van der Waals surface area contributed by atoms with Gasteiger partial charge >= 0.3 is 0 Å². The van der Waals surface area contributed by atoms with Crippen LogP contribution in [-0.4, -0.2) is 4.98 Å². The van der Waals surface area contributed by atoms with Crippen molar-refractivity contribution in [2.45, 2.75) is 39.5 Å². The van der Waals surface area contributed by atoms with Gasteiger partial charge in [-0.3, -0.25) is 0 Å². The van der Waals surface area contributed by atoms with Gasteiger partial charge in [-0.15, -0.1) is 11.6 Å². The SMILES string of the molecule is CCCc1cc(CCl)cc(Oc2cc(C)c(Br)c(C)c2)n1. The highest BCUT2D eigenvalue weighted by atomic mass is 79.9. The Morgan fingerprint density at radius 2 is 1.81 bits per heavy atom. The van der Waals surface area contributed by atoms with Gasteiger partial charge in [0.15, 0.2) is 0 Å². The molecule has 0 N–H and O–H groups in total. The number of halogens is 2. The molecule has 0 bridgehead atoms. The molecule has 0 amide bonds. The van der Waals surface area contributed by atoms with Gasteiger partial charge < -0.3 is 4.74 Å². The van der Waals surface area contributed by atoms with Crippen LogP contribution in [0, 0.1) is 13.8 Å². The molecule has 0 radical (unpaired) electrons. The Kier molecular flexibility index (Phi) is 5.65. The number of benzene rings is 1. The lowest BCUT2D eigenvalue weighted by Crippen LogP contribution is -1.97. The van der Waals surface area contributed by atoms with Crippen LogP contribution in [0.5, 0.6) is 11.6 Å². The topological polar surface area (TPSA) is 22.1 Å². The smallest absolute Gasteiger partial charge is 0.219 e. The predicted octanol–water partition coefficient (Wildman–Crippen LogP) is 5.94. The Labute approximate surface area is 139 Å². The van der Waals surface area contributed by atoms with Crippen molar-refractivity contribution >= 4 is 27.5 Å². The van der Waals surface area contributed by atoms with Crippen molar-refractivity contribution in [1.82, 2.24) is 4.98 Å². The average molecular weight is 369 g/mol. The molecule has 0 unspecified atom stereocenters. The van der Waals surface area contributed by atoms with Crippen LogP contribution in [0.2, 0.25) is 0 Å². The first-order valence-electron chi connectivity index (χ1n) is 7.04. The second-order valence-electron chi connectivity index (χ2n) is 5.16. The number of aryl methyl sites for hydroxylation is 3. The van der Waals surface area contributed by atoms with E-state index in [1.807, 2.05) is 24.3 Å². The summed E-state index contributed by atoms with van der Waals surface area (Å²) in [6.07, 6.45) is 1.98. The zero-order valence-electron chi connectivity index (χ0n) is 12.5. The third kappa shape index (κ3) is 4.21. The molecule has 4 heteroatoms. The standard InChI is InChI=1S/C17H19BrClNO/c1-4-5-14-8-13(10-19)9-16(20-14)21-15-6-11(2)17(18)12(3)7-15/h6-9H,4-5,10H2,1-3H3. The van der Waals surface area contributed by atoms with Crippen molar-refractivity contribution in [3.8, 4) is 11.6 Å². The molecular weight excluding hydrogens is 350 g/mol. The van der Waals surface area contributed by atoms with E-state index in [1.54, 1.807) is 0 Å². The van der Waals surface area contributed by atoms with Crippen LogP contribution in [0.3, 0.4) is 0 Å². The van der Waals surface area contributed by atoms with E-state index >= 15 is 0 Å². The highest BCUT2D eigenvalue weighted by molar-refractivity contribution is 9.10. The molecule has 1 aromatic carbocycles. The molecule has 0 aliphatic rings. The second kappa shape index (κ2) is 7.28. The van der Waals surface area contributed by atoms with E-state index in [0.29, 0.717) is 11.8 Å². The van der Waals surface area contributed by atoms with E-state index in [-0.39, 0.29) is 0 Å². The lowest BCUT2D eigenvalue weighted by atomic mass is 10.1. The normalized spacial score (nSPS) is 10.7. The van der Waals surface area contributed by atoms with Gasteiger partial charge in [0, 0.05) is 22.1 Å². The number of ether oxygens (including phenoxy) is 1. The van der Waals surface area contributed by atoms with Gasteiger partial charge in [-0.05, 0) is 55.2 Å². The monoisotopic (exact) mass is 367 g/mol. The van der Waals surface area contributed by atoms with E-state index < -0.39 is 0 Å². The summed E-state index contributed by atoms with van der Waals surface area (Å²) < 4.78 is 7.05. The Morgan fingerprint density at radius 1 is 1.14 bits per heavy atom. The van der Waals surface area contributed by atoms with Gasteiger partial charge in [0.05, 0.1) is 0 Å². The number of aromatic nitrogens is 1. The Morgan fingerprint density at radius 3 is 2.38 bits per heavy atom. The number of rotatable bonds is 5. The maximum atomic E-state index is 5.96. The minimum absolute atomic E-state index is 0.466. The summed E-state index contributed by atoms with van der Waals surface area (Å²) in [6.45, 7) is 6.24. The molecule has 21 heavy (non-hydrogen) atoms. The van der Waals surface area contributed by atoms with Crippen molar-refractivity contribution in [3.63, 3.8) is 0 Å². The first-order valence-corrected chi connectivity index (χ1v) is 8.36. The van der Waals surface area contributed by atoms with E-state index in [9.17, 15) is 0 Å². The fraction of sp³-hybridized carbons (Fsp3) is 0.353. The highest BCUT2D eigenvalue weighted by Gasteiger charge is 2.07. The second-order valence-corrected chi connectivity index (χ2v) is 6.22. The Bertz CT molecular complexity index is 620. The molecule has 0 aliphatic heterocycles. The molecular formula is C17H19BrClNO. The number of hydrogen-bond acceptors (Lipinski definition) is 2. The maximum Gasteiger partial charge on any atom is 0.219 e. The van der Waals surface area contributed by atoms with Gasteiger partial charge in [0.1, 0.15) is 5.75 Å². The molecule has 2 rings (SSSR count). The van der Waals surface area contributed by atoms with Crippen molar-refractivity contribution in [1.29, 1.82) is 0 Å². The maximum absolute atomic E-state index is 5.96. The fourth-order valence-corrected chi connectivity index (χ4v) is 2.60. The largest absolute Gasteiger partial charge is 0.439 e. The lowest BCUT2D eigenvalue weighted by molar-refractivity contribution is 0.459. The van der Waals surface area contributed by atoms with Crippen LogP contribution in [-0.2, 0) is 12.3 Å². The minimum Gasteiger partial charge on any atom is -0.439 e. The molecule has 0 fully saturated rings. The fourth-order valence-electron chi connectivity index (χ4n) is 2.22. The molecule has 0 saturated carbocycles. The summed E-state index contributed by atoms with van der Waals surface area (Å²) in [6, 6.07) is 7.96. The summed E-state index contributed by atoms with van der Waals surface area (Å²) in [5, 5.41) is 0. The van der Waals surface area contributed by atoms with Crippen LogP contribution < -0.4 is 4.74 Å². The van der Waals surface area contributed by atoms with E-state index in [4.69, 9.17) is 16.3 Å². The first-order chi connectivity index (χ1) is 10.0. The summed E-state index contributed by atoms with van der Waals surface area (Å²) in [4.78, 5) is 4.56. The summed E-state index contributed by atoms with van der Waals surface area (Å²) >= 11 is 9.52. The van der Waals surface area contributed by atoms with Gasteiger partial charge in [0.25, 0.3) is 0 Å². The molecule has 112 valence electrons. The molecule has 0 atom stereocenters. The zero-order valence-corrected chi connectivity index (χ0v) is 14.9. The van der Waals surface area contributed by atoms with Crippen molar-refractivity contribution < 1.29 is 4.74 Å². The van der Waals surface area contributed by atoms with Gasteiger partial charge in [-0.1, -0.05) is 29.3 Å². The molecule has 2 nitrogen and oxygen atoms in total. The van der Waals surface area contributed by atoms with Crippen LogP contribution >= 0.6 is 27.5 Å². The first kappa shape index (κ1) is 16.3.